The summed E-state index contributed by atoms with van der Waals surface area (Å²) in [4.78, 5) is 20.4. The number of nitrogens with two attached hydrogens (primary N) is 1. The number of nitrogens with zero attached hydrogens (tertiary/aromatic N) is 4. The Morgan fingerprint density at radius 3 is 2.65 bits per heavy atom. The van der Waals surface area contributed by atoms with E-state index in [4.69, 9.17) is 5.73 Å². The van der Waals surface area contributed by atoms with Gasteiger partial charge < -0.3 is 15.2 Å². The van der Waals surface area contributed by atoms with Crippen molar-refractivity contribution in [2.45, 2.75) is 25.4 Å². The zero-order valence-electron chi connectivity index (χ0n) is 15.9. The molecule has 1 fully saturated rings. The molecule has 1 aromatic carbocycles. The van der Waals surface area contributed by atoms with E-state index in [1.165, 1.54) is 24.1 Å². The highest BCUT2D eigenvalue weighted by molar-refractivity contribution is 5.92. The van der Waals surface area contributed by atoms with Crippen molar-refractivity contribution in [1.82, 2.24) is 19.4 Å². The number of aromatic nitrogens is 2. The third kappa shape index (κ3) is 4.14. The maximum atomic E-state index is 11.2. The van der Waals surface area contributed by atoms with Gasteiger partial charge in [0, 0.05) is 31.9 Å². The van der Waals surface area contributed by atoms with Gasteiger partial charge in [0.2, 0.25) is 5.91 Å². The predicted octanol–water partition coefficient (Wildman–Crippen LogP) is 2.03. The highest BCUT2D eigenvalue weighted by atomic mass is 16.1. The number of hydrogen-bond acceptors (Lipinski definition) is 4. The molecule has 6 nitrogen and oxygen atoms in total. The van der Waals surface area contributed by atoms with E-state index >= 15 is 0 Å². The molecular formula is C20H29N5O. The molecule has 0 radical (unpaired) electrons. The van der Waals surface area contributed by atoms with E-state index in [2.05, 4.69) is 40.5 Å². The number of aryl methyl sites for hydroxylation is 1. The molecule has 2 N–H and O–H groups in total. The fourth-order valence-corrected chi connectivity index (χ4v) is 4.12. The van der Waals surface area contributed by atoms with Gasteiger partial charge in [0.1, 0.15) is 0 Å². The Kier molecular flexibility index (Phi) is 5.74. The molecular weight excluding hydrogens is 326 g/mol. The highest BCUT2D eigenvalue weighted by Gasteiger charge is 2.32. The van der Waals surface area contributed by atoms with Crippen LogP contribution in [0.3, 0.4) is 0 Å². The van der Waals surface area contributed by atoms with E-state index in [-0.39, 0.29) is 5.91 Å². The molecule has 26 heavy (non-hydrogen) atoms. The second-order valence-electron chi connectivity index (χ2n) is 7.52. The van der Waals surface area contributed by atoms with Gasteiger partial charge in [0.05, 0.1) is 18.1 Å². The standard InChI is InChI=1S/C20H29N5O/c1-23(12-15-6-8-16(9-7-15)20(21)26)13-17-5-4-10-24(2)19(17)18-11-22-14-25(18)3/h6-9,11,14,17,19H,4-5,10,12-13H2,1-3H3,(H2,21,26)/t17-,19+/m0/s1. The van der Waals surface area contributed by atoms with Crippen LogP contribution in [-0.4, -0.2) is 52.4 Å². The molecule has 140 valence electrons. The largest absolute Gasteiger partial charge is 0.366 e. The third-order valence-corrected chi connectivity index (χ3v) is 5.40. The molecule has 0 aliphatic carbocycles. The second kappa shape index (κ2) is 8.01. The second-order valence-corrected chi connectivity index (χ2v) is 7.52. The van der Waals surface area contributed by atoms with E-state index in [1.807, 2.05) is 24.7 Å². The van der Waals surface area contributed by atoms with Crippen molar-refractivity contribution in [2.75, 3.05) is 27.2 Å². The quantitative estimate of drug-likeness (QED) is 0.861. The first-order chi connectivity index (χ1) is 12.5. The minimum absolute atomic E-state index is 0.380. The average molecular weight is 355 g/mol. The molecule has 1 aliphatic heterocycles. The van der Waals surface area contributed by atoms with Crippen molar-refractivity contribution in [3.05, 3.63) is 53.6 Å². The fraction of sp³-hybridized carbons (Fsp3) is 0.500. The van der Waals surface area contributed by atoms with Gasteiger partial charge in [-0.3, -0.25) is 9.69 Å². The first-order valence-corrected chi connectivity index (χ1v) is 9.19. The smallest absolute Gasteiger partial charge is 0.248 e. The van der Waals surface area contributed by atoms with Crippen molar-refractivity contribution < 1.29 is 4.79 Å². The lowest BCUT2D eigenvalue weighted by atomic mass is 9.87. The molecule has 2 atom stereocenters. The highest BCUT2D eigenvalue weighted by Crippen LogP contribution is 2.35. The number of rotatable bonds is 6. The van der Waals surface area contributed by atoms with E-state index in [0.717, 1.165) is 19.6 Å². The summed E-state index contributed by atoms with van der Waals surface area (Å²) in [6.45, 7) is 3.01. The van der Waals surface area contributed by atoms with Crippen LogP contribution in [0.4, 0.5) is 0 Å². The Labute approximate surface area is 155 Å². The molecule has 1 amide bonds. The van der Waals surface area contributed by atoms with Crippen LogP contribution in [0.2, 0.25) is 0 Å². The summed E-state index contributed by atoms with van der Waals surface area (Å²) in [5, 5.41) is 0. The molecule has 1 aromatic heterocycles. The minimum atomic E-state index is -0.380. The third-order valence-electron chi connectivity index (χ3n) is 5.40. The van der Waals surface area contributed by atoms with Crippen LogP contribution >= 0.6 is 0 Å². The maximum absolute atomic E-state index is 11.2. The summed E-state index contributed by atoms with van der Waals surface area (Å²) in [6, 6.07) is 7.98. The Balaban J connectivity index is 1.67. The number of piperidine rings is 1. The monoisotopic (exact) mass is 355 g/mol. The molecule has 0 spiro atoms. The molecule has 1 saturated heterocycles. The lowest BCUT2D eigenvalue weighted by Gasteiger charge is -2.40. The number of hydrogen-bond donors (Lipinski definition) is 1. The lowest BCUT2D eigenvalue weighted by Crippen LogP contribution is -2.41. The van der Waals surface area contributed by atoms with Crippen LogP contribution in [0.5, 0.6) is 0 Å². The molecule has 6 heteroatoms. The number of primary amides is 1. The van der Waals surface area contributed by atoms with Gasteiger partial charge in [-0.1, -0.05) is 12.1 Å². The molecule has 0 unspecified atom stereocenters. The van der Waals surface area contributed by atoms with Crippen LogP contribution in [-0.2, 0) is 13.6 Å². The van der Waals surface area contributed by atoms with Crippen LogP contribution in [0.15, 0.2) is 36.8 Å². The molecule has 0 saturated carbocycles. The van der Waals surface area contributed by atoms with Gasteiger partial charge in [-0.2, -0.15) is 0 Å². The summed E-state index contributed by atoms with van der Waals surface area (Å²) in [5.41, 5.74) is 8.35. The lowest BCUT2D eigenvalue weighted by molar-refractivity contribution is 0.0880. The number of carbonyl (C=O) groups excluding carboxylic acids is 1. The first-order valence-electron chi connectivity index (χ1n) is 9.19. The number of carbonyl (C=O) groups is 1. The summed E-state index contributed by atoms with van der Waals surface area (Å²) in [5.74, 6) is 0.188. The van der Waals surface area contributed by atoms with Crippen molar-refractivity contribution in [1.29, 1.82) is 0 Å². The molecule has 2 aromatic rings. The van der Waals surface area contributed by atoms with Gasteiger partial charge in [0.25, 0.3) is 0 Å². The fourth-order valence-electron chi connectivity index (χ4n) is 4.12. The van der Waals surface area contributed by atoms with Crippen molar-refractivity contribution in [3.8, 4) is 0 Å². The molecule has 0 bridgehead atoms. The Morgan fingerprint density at radius 1 is 1.31 bits per heavy atom. The van der Waals surface area contributed by atoms with Gasteiger partial charge >= 0.3 is 0 Å². The van der Waals surface area contributed by atoms with E-state index in [1.54, 1.807) is 12.1 Å². The van der Waals surface area contributed by atoms with E-state index in [9.17, 15) is 4.79 Å². The van der Waals surface area contributed by atoms with Crippen LogP contribution in [0.1, 0.15) is 40.5 Å². The van der Waals surface area contributed by atoms with Crippen molar-refractivity contribution >= 4 is 5.91 Å². The van der Waals surface area contributed by atoms with Crippen LogP contribution < -0.4 is 5.73 Å². The summed E-state index contributed by atoms with van der Waals surface area (Å²) >= 11 is 0. The van der Waals surface area contributed by atoms with Crippen molar-refractivity contribution in [3.63, 3.8) is 0 Å². The average Bonchev–Trinajstić information content (AvgIpc) is 3.01. The van der Waals surface area contributed by atoms with E-state index < -0.39 is 0 Å². The Morgan fingerprint density at radius 2 is 2.04 bits per heavy atom. The number of likely N-dealkylation sites (tertiary alicyclic amines) is 1. The van der Waals surface area contributed by atoms with Crippen molar-refractivity contribution in [2.24, 2.45) is 18.7 Å². The summed E-state index contributed by atoms with van der Waals surface area (Å²) < 4.78 is 2.14. The first kappa shape index (κ1) is 18.6. The van der Waals surface area contributed by atoms with Crippen LogP contribution in [0, 0.1) is 5.92 Å². The minimum Gasteiger partial charge on any atom is -0.366 e. The normalized spacial score (nSPS) is 21.2. The zero-order chi connectivity index (χ0) is 18.7. The molecule has 2 heterocycles. The molecule has 1 aliphatic rings. The SMILES string of the molecule is CN(Cc1ccc(C(N)=O)cc1)C[C@@H]1CCCN(C)[C@H]1c1cncn1C. The summed E-state index contributed by atoms with van der Waals surface area (Å²) in [6.07, 6.45) is 6.35. The van der Waals surface area contributed by atoms with Crippen LogP contribution in [0.25, 0.3) is 0 Å². The number of benzene rings is 1. The number of imidazole rings is 1. The van der Waals surface area contributed by atoms with Gasteiger partial charge in [0.15, 0.2) is 0 Å². The summed E-state index contributed by atoms with van der Waals surface area (Å²) in [7, 11) is 6.45. The van der Waals surface area contributed by atoms with Gasteiger partial charge in [-0.15, -0.1) is 0 Å². The van der Waals surface area contributed by atoms with Gasteiger partial charge in [-0.05, 0) is 57.1 Å². The zero-order valence-corrected chi connectivity index (χ0v) is 15.9. The predicted molar refractivity (Wildman–Crippen MR) is 103 cm³/mol. The Bertz CT molecular complexity index is 739. The Hall–Kier alpha value is -2.18. The topological polar surface area (TPSA) is 67.4 Å². The van der Waals surface area contributed by atoms with Gasteiger partial charge in [-0.25, -0.2) is 4.98 Å². The molecule has 3 rings (SSSR count). The number of amides is 1. The maximum Gasteiger partial charge on any atom is 0.248 e. The van der Waals surface area contributed by atoms with E-state index in [0.29, 0.717) is 17.5 Å².